The van der Waals surface area contributed by atoms with Crippen LogP contribution in [0.2, 0.25) is 0 Å². The number of thiazole rings is 2. The number of phenolic OH excluding ortho intramolecular Hbond substituents is 1. The van der Waals surface area contributed by atoms with E-state index >= 15 is 0 Å². The highest BCUT2D eigenvalue weighted by molar-refractivity contribution is 8.02. The molecule has 2 N–H and O–H groups in total. The van der Waals surface area contributed by atoms with Crippen LogP contribution in [0.15, 0.2) is 75.5 Å². The van der Waals surface area contributed by atoms with Crippen molar-refractivity contribution in [3.8, 4) is 5.75 Å². The van der Waals surface area contributed by atoms with Gasteiger partial charge in [-0.1, -0.05) is 42.1 Å². The van der Waals surface area contributed by atoms with Crippen LogP contribution in [0.3, 0.4) is 0 Å². The average molecular weight is 491 g/mol. The molecule has 5 aromatic rings. The highest BCUT2D eigenvalue weighted by Crippen LogP contribution is 2.34. The zero-order chi connectivity index (χ0) is 22.8. The summed E-state index contributed by atoms with van der Waals surface area (Å²) in [7, 11) is 0. The van der Waals surface area contributed by atoms with Crippen LogP contribution in [0, 0.1) is 0 Å². The predicted molar refractivity (Wildman–Crippen MR) is 139 cm³/mol. The Kier molecular flexibility index (Phi) is 6.08. The predicted octanol–water partition coefficient (Wildman–Crippen LogP) is 6.48. The van der Waals surface area contributed by atoms with Crippen LogP contribution < -0.4 is 5.32 Å². The van der Waals surface area contributed by atoms with Crippen molar-refractivity contribution in [2.24, 2.45) is 4.99 Å². The quantitative estimate of drug-likeness (QED) is 0.210. The number of rotatable bonds is 6. The van der Waals surface area contributed by atoms with E-state index in [1.807, 2.05) is 60.8 Å². The molecular formula is C24H18N4O2S3. The lowest BCUT2D eigenvalue weighted by molar-refractivity contribution is -0.115. The maximum Gasteiger partial charge on any atom is 0.239 e. The summed E-state index contributed by atoms with van der Waals surface area (Å²) in [5, 5.41) is 17.3. The summed E-state index contributed by atoms with van der Waals surface area (Å²) in [6, 6.07) is 17.3. The van der Waals surface area contributed by atoms with Crippen LogP contribution in [0.25, 0.3) is 21.0 Å². The molecule has 0 aliphatic carbocycles. The fourth-order valence-corrected chi connectivity index (χ4v) is 6.05. The third-order valence-electron chi connectivity index (χ3n) is 4.95. The van der Waals surface area contributed by atoms with Crippen molar-refractivity contribution < 1.29 is 9.90 Å². The second-order valence-electron chi connectivity index (χ2n) is 7.20. The molecule has 0 bridgehead atoms. The zero-order valence-corrected chi connectivity index (χ0v) is 19.9. The van der Waals surface area contributed by atoms with Gasteiger partial charge in [0.1, 0.15) is 5.75 Å². The number of fused-ring (bicyclic) bond motifs is 2. The number of aromatic hydroxyl groups is 1. The van der Waals surface area contributed by atoms with Crippen LogP contribution >= 0.6 is 34.4 Å². The number of nitrogens with zero attached hydrogens (tertiary/aromatic N) is 3. The van der Waals surface area contributed by atoms with Crippen LogP contribution in [0.4, 0.5) is 10.8 Å². The summed E-state index contributed by atoms with van der Waals surface area (Å²) in [6.07, 6.45) is 3.36. The van der Waals surface area contributed by atoms with E-state index in [0.717, 1.165) is 31.0 Å². The van der Waals surface area contributed by atoms with Gasteiger partial charge in [-0.2, -0.15) is 0 Å². The number of carbonyl (C=O) groups is 1. The van der Waals surface area contributed by atoms with E-state index in [9.17, 15) is 9.90 Å². The smallest absolute Gasteiger partial charge is 0.239 e. The van der Waals surface area contributed by atoms with Gasteiger partial charge in [-0.15, -0.1) is 22.7 Å². The Bertz CT molecular complexity index is 1480. The monoisotopic (exact) mass is 490 g/mol. The number of hydrogen-bond acceptors (Lipinski definition) is 8. The Morgan fingerprint density at radius 2 is 2.09 bits per heavy atom. The summed E-state index contributed by atoms with van der Waals surface area (Å²) in [4.78, 5) is 25.7. The van der Waals surface area contributed by atoms with E-state index in [1.54, 1.807) is 18.5 Å². The Labute approximate surface area is 202 Å². The number of amides is 1. The maximum atomic E-state index is 12.4. The van der Waals surface area contributed by atoms with E-state index in [2.05, 4.69) is 20.3 Å². The molecule has 9 heteroatoms. The number of benzene rings is 3. The molecule has 0 fully saturated rings. The van der Waals surface area contributed by atoms with Crippen LogP contribution in [0.1, 0.15) is 12.5 Å². The van der Waals surface area contributed by atoms with E-state index in [4.69, 9.17) is 0 Å². The number of aromatic nitrogens is 2. The molecule has 0 saturated carbocycles. The minimum absolute atomic E-state index is 0.102. The maximum absolute atomic E-state index is 12.4. The van der Waals surface area contributed by atoms with Crippen molar-refractivity contribution in [1.82, 2.24) is 9.97 Å². The standard InChI is InChI=1S/C24H18N4O2S3/c1-14(22(30)28-23-25-10-11-31-23)32-24-27-19-8-7-16(12-21(19)33-24)26-13-18-17-5-3-2-4-15(17)6-9-20(18)29/h2-14,29H,1H3,(H,25,28,30)/t14-/m1/s1. The van der Waals surface area contributed by atoms with Crippen molar-refractivity contribution >= 4 is 78.4 Å². The van der Waals surface area contributed by atoms with E-state index in [-0.39, 0.29) is 16.9 Å². The largest absolute Gasteiger partial charge is 0.507 e. The SMILES string of the molecule is C[C@@H](Sc1nc2ccc(N=Cc3c(O)ccc4ccccc34)cc2s1)C(=O)Nc1nccs1. The molecule has 0 unspecified atom stereocenters. The number of hydrogen-bond donors (Lipinski definition) is 2. The Hall–Kier alpha value is -3.27. The molecule has 0 spiro atoms. The van der Waals surface area contributed by atoms with Crippen LogP contribution in [-0.2, 0) is 4.79 Å². The summed E-state index contributed by atoms with van der Waals surface area (Å²) in [6.45, 7) is 1.85. The fourth-order valence-electron chi connectivity index (χ4n) is 3.28. The molecular weight excluding hydrogens is 472 g/mol. The average Bonchev–Trinajstić information content (AvgIpc) is 3.47. The summed E-state index contributed by atoms with van der Waals surface area (Å²) in [5.74, 6) is 0.0920. The molecule has 1 atom stereocenters. The minimum Gasteiger partial charge on any atom is -0.507 e. The third-order valence-corrected chi connectivity index (χ3v) is 7.85. The van der Waals surface area contributed by atoms with E-state index in [1.165, 1.54) is 34.4 Å². The van der Waals surface area contributed by atoms with Gasteiger partial charge < -0.3 is 10.4 Å². The van der Waals surface area contributed by atoms with Crippen LogP contribution in [-0.4, -0.2) is 32.4 Å². The summed E-state index contributed by atoms with van der Waals surface area (Å²) in [5.41, 5.74) is 2.32. The molecule has 0 aliphatic rings. The van der Waals surface area contributed by atoms with Gasteiger partial charge in [-0.05, 0) is 42.0 Å². The fraction of sp³-hybridized carbons (Fsp3) is 0.0833. The number of nitrogens with one attached hydrogen (secondary N) is 1. The molecule has 164 valence electrons. The lowest BCUT2D eigenvalue weighted by Gasteiger charge is -2.07. The van der Waals surface area contributed by atoms with Gasteiger partial charge in [0, 0.05) is 23.4 Å². The molecule has 0 aliphatic heterocycles. The normalized spacial score (nSPS) is 12.5. The zero-order valence-electron chi connectivity index (χ0n) is 17.4. The van der Waals surface area contributed by atoms with Gasteiger partial charge in [0.05, 0.1) is 21.2 Å². The van der Waals surface area contributed by atoms with E-state index < -0.39 is 0 Å². The van der Waals surface area contributed by atoms with Crippen molar-refractivity contribution in [3.05, 3.63) is 71.7 Å². The Morgan fingerprint density at radius 3 is 2.94 bits per heavy atom. The number of thioether (sulfide) groups is 1. The lowest BCUT2D eigenvalue weighted by Crippen LogP contribution is -2.22. The molecule has 0 radical (unpaired) electrons. The first-order chi connectivity index (χ1) is 16.1. The van der Waals surface area contributed by atoms with Crippen LogP contribution in [0.5, 0.6) is 5.75 Å². The molecule has 1 amide bonds. The topological polar surface area (TPSA) is 87.5 Å². The molecule has 6 nitrogen and oxygen atoms in total. The van der Waals surface area contributed by atoms with Gasteiger partial charge in [0.2, 0.25) is 5.91 Å². The number of anilines is 1. The number of carbonyl (C=O) groups excluding carboxylic acids is 1. The first-order valence-corrected chi connectivity index (χ1v) is 12.7. The highest BCUT2D eigenvalue weighted by atomic mass is 32.2. The second kappa shape index (κ2) is 9.30. The summed E-state index contributed by atoms with van der Waals surface area (Å²) < 4.78 is 1.81. The third kappa shape index (κ3) is 4.75. The van der Waals surface area contributed by atoms with Gasteiger partial charge in [0.15, 0.2) is 9.47 Å². The van der Waals surface area contributed by atoms with Gasteiger partial charge in [-0.3, -0.25) is 9.79 Å². The highest BCUT2D eigenvalue weighted by Gasteiger charge is 2.18. The lowest BCUT2D eigenvalue weighted by atomic mass is 10.0. The molecule has 0 saturated heterocycles. The van der Waals surface area contributed by atoms with Crippen molar-refractivity contribution in [1.29, 1.82) is 0 Å². The number of aliphatic imine (C=N–C) groups is 1. The van der Waals surface area contributed by atoms with Gasteiger partial charge in [-0.25, -0.2) is 9.97 Å². The molecule has 2 heterocycles. The van der Waals surface area contributed by atoms with Crippen molar-refractivity contribution in [2.75, 3.05) is 5.32 Å². The Balaban J connectivity index is 1.35. The first-order valence-electron chi connectivity index (χ1n) is 10.1. The van der Waals surface area contributed by atoms with Crippen molar-refractivity contribution in [2.45, 2.75) is 16.5 Å². The van der Waals surface area contributed by atoms with Gasteiger partial charge in [0.25, 0.3) is 0 Å². The van der Waals surface area contributed by atoms with Crippen molar-refractivity contribution in [3.63, 3.8) is 0 Å². The molecule has 33 heavy (non-hydrogen) atoms. The summed E-state index contributed by atoms with van der Waals surface area (Å²) >= 11 is 4.34. The van der Waals surface area contributed by atoms with Gasteiger partial charge >= 0.3 is 0 Å². The Morgan fingerprint density at radius 1 is 1.21 bits per heavy atom. The molecule has 5 rings (SSSR count). The molecule has 2 aromatic heterocycles. The number of phenols is 1. The molecule has 3 aromatic carbocycles. The minimum atomic E-state index is -0.304. The second-order valence-corrected chi connectivity index (χ2v) is 10.7. The van der Waals surface area contributed by atoms with E-state index in [0.29, 0.717) is 10.7 Å². The first kappa shape index (κ1) is 21.6.